The average Bonchev–Trinajstić information content (AvgIpc) is 2.41. The van der Waals surface area contributed by atoms with Crippen molar-refractivity contribution in [3.8, 4) is 11.5 Å². The van der Waals surface area contributed by atoms with Crippen molar-refractivity contribution >= 4 is 29.0 Å². The van der Waals surface area contributed by atoms with Crippen LogP contribution in [0.1, 0.15) is 5.56 Å². The molecule has 90 valence electrons. The SMILES string of the molecule is Clc1cc2c(cc1Cl)OC(c1ccccc1)=CO2. The Morgan fingerprint density at radius 3 is 2.22 bits per heavy atom. The van der Waals surface area contributed by atoms with E-state index in [-0.39, 0.29) is 0 Å². The fourth-order valence-electron chi connectivity index (χ4n) is 1.67. The van der Waals surface area contributed by atoms with Crippen LogP contribution in [0.5, 0.6) is 11.5 Å². The zero-order chi connectivity index (χ0) is 12.5. The Bertz CT molecular complexity index is 621. The van der Waals surface area contributed by atoms with Gasteiger partial charge >= 0.3 is 0 Å². The summed E-state index contributed by atoms with van der Waals surface area (Å²) in [4.78, 5) is 0. The van der Waals surface area contributed by atoms with Gasteiger partial charge in [-0.3, -0.25) is 0 Å². The van der Waals surface area contributed by atoms with Crippen LogP contribution in [0.25, 0.3) is 5.76 Å². The fourth-order valence-corrected chi connectivity index (χ4v) is 1.98. The fraction of sp³-hybridized carbons (Fsp3) is 0. The highest BCUT2D eigenvalue weighted by molar-refractivity contribution is 6.42. The summed E-state index contributed by atoms with van der Waals surface area (Å²) < 4.78 is 11.2. The third kappa shape index (κ3) is 2.05. The minimum Gasteiger partial charge on any atom is -0.457 e. The first-order chi connectivity index (χ1) is 8.74. The van der Waals surface area contributed by atoms with Gasteiger partial charge in [-0.1, -0.05) is 53.5 Å². The molecule has 0 amide bonds. The van der Waals surface area contributed by atoms with Crippen LogP contribution >= 0.6 is 23.2 Å². The lowest BCUT2D eigenvalue weighted by Crippen LogP contribution is -2.04. The predicted octanol–water partition coefficient (Wildman–Crippen LogP) is 4.76. The zero-order valence-electron chi connectivity index (χ0n) is 9.19. The summed E-state index contributed by atoms with van der Waals surface area (Å²) >= 11 is 11.9. The summed E-state index contributed by atoms with van der Waals surface area (Å²) in [6.45, 7) is 0. The van der Waals surface area contributed by atoms with Crippen molar-refractivity contribution in [2.45, 2.75) is 0 Å². The molecule has 0 N–H and O–H groups in total. The Kier molecular flexibility index (Phi) is 2.90. The third-order valence-corrected chi connectivity index (χ3v) is 3.28. The molecule has 4 heteroatoms. The Morgan fingerprint density at radius 1 is 0.833 bits per heavy atom. The maximum atomic E-state index is 5.95. The normalized spacial score (nSPS) is 13.1. The molecule has 0 saturated carbocycles. The van der Waals surface area contributed by atoms with E-state index in [0.717, 1.165) is 5.56 Å². The van der Waals surface area contributed by atoms with E-state index in [2.05, 4.69) is 0 Å². The van der Waals surface area contributed by atoms with E-state index < -0.39 is 0 Å². The second-order valence-electron chi connectivity index (χ2n) is 3.78. The lowest BCUT2D eigenvalue weighted by Gasteiger charge is -2.18. The average molecular weight is 279 g/mol. The largest absolute Gasteiger partial charge is 0.457 e. The monoisotopic (exact) mass is 278 g/mol. The summed E-state index contributed by atoms with van der Waals surface area (Å²) in [5.74, 6) is 1.76. The van der Waals surface area contributed by atoms with E-state index in [1.165, 1.54) is 0 Å². The van der Waals surface area contributed by atoms with Crippen molar-refractivity contribution < 1.29 is 9.47 Å². The van der Waals surface area contributed by atoms with Gasteiger partial charge in [-0.2, -0.15) is 0 Å². The van der Waals surface area contributed by atoms with Crippen LogP contribution in [0.2, 0.25) is 10.0 Å². The molecule has 18 heavy (non-hydrogen) atoms. The van der Waals surface area contributed by atoms with Gasteiger partial charge in [0.2, 0.25) is 0 Å². The van der Waals surface area contributed by atoms with Gasteiger partial charge in [0.15, 0.2) is 17.3 Å². The first-order valence-corrected chi connectivity index (χ1v) is 6.09. The predicted molar refractivity (Wildman–Crippen MR) is 72.1 cm³/mol. The van der Waals surface area contributed by atoms with E-state index in [0.29, 0.717) is 27.3 Å². The van der Waals surface area contributed by atoms with Gasteiger partial charge in [-0.15, -0.1) is 0 Å². The molecule has 1 aliphatic rings. The van der Waals surface area contributed by atoms with Crippen LogP contribution in [-0.2, 0) is 0 Å². The van der Waals surface area contributed by atoms with E-state index >= 15 is 0 Å². The Labute approximate surface area is 114 Å². The summed E-state index contributed by atoms with van der Waals surface area (Å²) in [6, 6.07) is 13.0. The van der Waals surface area contributed by atoms with Crippen molar-refractivity contribution in [1.29, 1.82) is 0 Å². The minimum absolute atomic E-state index is 0.438. The number of benzene rings is 2. The molecule has 0 atom stereocenters. The number of hydrogen-bond acceptors (Lipinski definition) is 2. The molecular formula is C14H8Cl2O2. The molecule has 0 spiro atoms. The van der Waals surface area contributed by atoms with Crippen LogP contribution in [0.4, 0.5) is 0 Å². The molecule has 0 saturated heterocycles. The number of fused-ring (bicyclic) bond motifs is 1. The van der Waals surface area contributed by atoms with Gasteiger partial charge in [-0.25, -0.2) is 0 Å². The van der Waals surface area contributed by atoms with Gasteiger partial charge in [0, 0.05) is 17.7 Å². The van der Waals surface area contributed by atoms with Gasteiger partial charge in [0.05, 0.1) is 10.0 Å². The molecule has 0 unspecified atom stereocenters. The third-order valence-electron chi connectivity index (χ3n) is 2.56. The molecular weight excluding hydrogens is 271 g/mol. The smallest absolute Gasteiger partial charge is 0.171 e. The van der Waals surface area contributed by atoms with Crippen molar-refractivity contribution in [2.24, 2.45) is 0 Å². The number of ether oxygens (including phenoxy) is 2. The number of halogens is 2. The van der Waals surface area contributed by atoms with E-state index in [4.69, 9.17) is 32.7 Å². The molecule has 1 aliphatic heterocycles. The lowest BCUT2D eigenvalue weighted by molar-refractivity contribution is 0.383. The topological polar surface area (TPSA) is 18.5 Å². The second kappa shape index (κ2) is 4.56. The highest BCUT2D eigenvalue weighted by atomic mass is 35.5. The Hall–Kier alpha value is -1.64. The van der Waals surface area contributed by atoms with Crippen molar-refractivity contribution in [3.05, 3.63) is 64.3 Å². The van der Waals surface area contributed by atoms with Crippen LogP contribution in [0, 0.1) is 0 Å². The molecule has 0 radical (unpaired) electrons. The molecule has 0 fully saturated rings. The first-order valence-electron chi connectivity index (χ1n) is 5.33. The molecule has 0 aliphatic carbocycles. The standard InChI is InChI=1S/C14H8Cl2O2/c15-10-6-12-13(7-11(10)16)18-14(8-17-12)9-4-2-1-3-5-9/h1-8H. The summed E-state index contributed by atoms with van der Waals surface area (Å²) in [7, 11) is 0. The molecule has 0 bridgehead atoms. The lowest BCUT2D eigenvalue weighted by atomic mass is 10.2. The number of hydrogen-bond donors (Lipinski definition) is 0. The number of rotatable bonds is 1. The Balaban J connectivity index is 1.97. The van der Waals surface area contributed by atoms with E-state index in [1.54, 1.807) is 18.4 Å². The van der Waals surface area contributed by atoms with Crippen molar-refractivity contribution in [2.75, 3.05) is 0 Å². The quantitative estimate of drug-likeness (QED) is 0.749. The van der Waals surface area contributed by atoms with Crippen LogP contribution in [0.3, 0.4) is 0 Å². The molecule has 3 rings (SSSR count). The maximum Gasteiger partial charge on any atom is 0.171 e. The zero-order valence-corrected chi connectivity index (χ0v) is 10.7. The van der Waals surface area contributed by atoms with Gasteiger partial charge in [0.1, 0.15) is 6.26 Å². The van der Waals surface area contributed by atoms with Crippen LogP contribution in [0.15, 0.2) is 48.7 Å². The molecule has 2 aromatic rings. The van der Waals surface area contributed by atoms with Gasteiger partial charge < -0.3 is 9.47 Å². The summed E-state index contributed by atoms with van der Waals surface area (Å²) in [6.07, 6.45) is 1.56. The summed E-state index contributed by atoms with van der Waals surface area (Å²) in [5.41, 5.74) is 0.939. The van der Waals surface area contributed by atoms with Crippen molar-refractivity contribution in [3.63, 3.8) is 0 Å². The van der Waals surface area contributed by atoms with E-state index in [9.17, 15) is 0 Å². The Morgan fingerprint density at radius 2 is 1.50 bits per heavy atom. The minimum atomic E-state index is 0.438. The van der Waals surface area contributed by atoms with Crippen molar-refractivity contribution in [1.82, 2.24) is 0 Å². The highest BCUT2D eigenvalue weighted by Gasteiger charge is 2.17. The highest BCUT2D eigenvalue weighted by Crippen LogP contribution is 2.40. The van der Waals surface area contributed by atoms with Gasteiger partial charge in [0.25, 0.3) is 0 Å². The van der Waals surface area contributed by atoms with E-state index in [1.807, 2.05) is 30.3 Å². The van der Waals surface area contributed by atoms with Crippen LogP contribution in [-0.4, -0.2) is 0 Å². The second-order valence-corrected chi connectivity index (χ2v) is 4.60. The van der Waals surface area contributed by atoms with Gasteiger partial charge in [-0.05, 0) is 0 Å². The summed E-state index contributed by atoms with van der Waals surface area (Å²) in [5, 5.41) is 0.879. The van der Waals surface area contributed by atoms with Crippen LogP contribution < -0.4 is 9.47 Å². The molecule has 1 heterocycles. The molecule has 2 aromatic carbocycles. The molecule has 2 nitrogen and oxygen atoms in total. The first kappa shape index (κ1) is 11.5. The maximum absolute atomic E-state index is 5.95. The molecule has 0 aromatic heterocycles.